The summed E-state index contributed by atoms with van der Waals surface area (Å²) in [6, 6.07) is 20.1. The summed E-state index contributed by atoms with van der Waals surface area (Å²) in [6.45, 7) is 1.01. The van der Waals surface area contributed by atoms with Gasteiger partial charge in [0.15, 0.2) is 11.5 Å². The lowest BCUT2D eigenvalue weighted by Gasteiger charge is -2.19. The Kier molecular flexibility index (Phi) is 4.35. The van der Waals surface area contributed by atoms with Crippen molar-refractivity contribution in [2.24, 2.45) is 0 Å². The van der Waals surface area contributed by atoms with Crippen LogP contribution in [0.2, 0.25) is 0 Å². The average molecular weight is 348 g/mol. The van der Waals surface area contributed by atoms with Crippen LogP contribution in [0.25, 0.3) is 10.8 Å². The Morgan fingerprint density at radius 2 is 1.81 bits per heavy atom. The first-order valence-electron chi connectivity index (χ1n) is 8.54. The van der Waals surface area contributed by atoms with Gasteiger partial charge in [-0.25, -0.2) is 0 Å². The van der Waals surface area contributed by atoms with Crippen LogP contribution in [-0.2, 0) is 11.3 Å². The molecule has 3 aromatic carbocycles. The maximum atomic E-state index is 12.3. The SMILES string of the molecule is CN(CC(=O)NCc1ccc2c(c1)OCO2)c1ccc2ccccc2c1. The summed E-state index contributed by atoms with van der Waals surface area (Å²) in [4.78, 5) is 14.2. The Balaban J connectivity index is 1.36. The number of hydrogen-bond donors (Lipinski definition) is 1. The molecule has 5 nitrogen and oxygen atoms in total. The second kappa shape index (κ2) is 6.96. The van der Waals surface area contributed by atoms with E-state index in [0.29, 0.717) is 13.1 Å². The monoisotopic (exact) mass is 348 g/mol. The minimum atomic E-state index is -0.0293. The molecule has 1 aliphatic rings. The Morgan fingerprint density at radius 3 is 2.69 bits per heavy atom. The van der Waals surface area contributed by atoms with Crippen LogP contribution in [0.3, 0.4) is 0 Å². The van der Waals surface area contributed by atoms with Gasteiger partial charge in [0.2, 0.25) is 12.7 Å². The summed E-state index contributed by atoms with van der Waals surface area (Å²) in [6.07, 6.45) is 0. The molecule has 4 rings (SSSR count). The molecule has 0 unspecified atom stereocenters. The van der Waals surface area contributed by atoms with Gasteiger partial charge in [0.1, 0.15) is 0 Å². The Hall–Kier alpha value is -3.21. The topological polar surface area (TPSA) is 50.8 Å². The van der Waals surface area contributed by atoms with E-state index in [-0.39, 0.29) is 12.7 Å². The highest BCUT2D eigenvalue weighted by atomic mass is 16.7. The number of carbonyl (C=O) groups excluding carboxylic acids is 1. The minimum absolute atomic E-state index is 0.0293. The van der Waals surface area contributed by atoms with E-state index in [1.165, 1.54) is 5.39 Å². The van der Waals surface area contributed by atoms with Crippen LogP contribution in [0.1, 0.15) is 5.56 Å². The number of benzene rings is 3. The molecule has 5 heteroatoms. The lowest BCUT2D eigenvalue weighted by molar-refractivity contribution is -0.119. The second-order valence-electron chi connectivity index (χ2n) is 6.35. The molecule has 0 radical (unpaired) electrons. The molecular formula is C21H20N2O3. The predicted octanol–water partition coefficient (Wildman–Crippen LogP) is 3.32. The zero-order chi connectivity index (χ0) is 17.9. The van der Waals surface area contributed by atoms with Crippen LogP contribution in [0.5, 0.6) is 11.5 Å². The molecule has 0 fully saturated rings. The van der Waals surface area contributed by atoms with E-state index in [2.05, 4.69) is 29.6 Å². The molecular weight excluding hydrogens is 328 g/mol. The van der Waals surface area contributed by atoms with E-state index in [1.807, 2.05) is 48.3 Å². The zero-order valence-electron chi connectivity index (χ0n) is 14.6. The lowest BCUT2D eigenvalue weighted by atomic mass is 10.1. The van der Waals surface area contributed by atoms with Gasteiger partial charge in [-0.2, -0.15) is 0 Å². The number of ether oxygens (including phenoxy) is 2. The minimum Gasteiger partial charge on any atom is -0.454 e. The van der Waals surface area contributed by atoms with Gasteiger partial charge in [0.25, 0.3) is 0 Å². The smallest absolute Gasteiger partial charge is 0.239 e. The largest absolute Gasteiger partial charge is 0.454 e. The van der Waals surface area contributed by atoms with Crippen molar-refractivity contribution in [3.8, 4) is 11.5 Å². The van der Waals surface area contributed by atoms with E-state index in [0.717, 1.165) is 28.1 Å². The van der Waals surface area contributed by atoms with Crippen LogP contribution in [0.4, 0.5) is 5.69 Å². The van der Waals surface area contributed by atoms with Crippen molar-refractivity contribution >= 4 is 22.4 Å². The third-order valence-electron chi connectivity index (χ3n) is 4.48. The van der Waals surface area contributed by atoms with Gasteiger partial charge in [-0.05, 0) is 40.6 Å². The molecule has 1 aliphatic heterocycles. The Labute approximate surface area is 152 Å². The standard InChI is InChI=1S/C21H20N2O3/c1-23(18-8-7-16-4-2-3-5-17(16)11-18)13-21(24)22-12-15-6-9-19-20(10-15)26-14-25-19/h2-11H,12-14H2,1H3,(H,22,24). The molecule has 3 aromatic rings. The third-order valence-corrected chi connectivity index (χ3v) is 4.48. The van der Waals surface area contributed by atoms with Crippen LogP contribution in [-0.4, -0.2) is 26.3 Å². The predicted molar refractivity (Wildman–Crippen MR) is 102 cm³/mol. The van der Waals surface area contributed by atoms with Gasteiger partial charge in [-0.3, -0.25) is 4.79 Å². The summed E-state index contributed by atoms with van der Waals surface area (Å²) >= 11 is 0. The molecule has 132 valence electrons. The molecule has 0 aliphatic carbocycles. The summed E-state index contributed by atoms with van der Waals surface area (Å²) in [7, 11) is 1.92. The zero-order valence-corrected chi connectivity index (χ0v) is 14.6. The molecule has 0 saturated carbocycles. The Bertz CT molecular complexity index is 955. The van der Waals surface area contributed by atoms with E-state index in [9.17, 15) is 4.79 Å². The molecule has 1 heterocycles. The summed E-state index contributed by atoms with van der Waals surface area (Å²) in [5.41, 5.74) is 2.00. The molecule has 0 aromatic heterocycles. The van der Waals surface area contributed by atoms with E-state index in [4.69, 9.17) is 9.47 Å². The number of amides is 1. The van der Waals surface area contributed by atoms with Crippen molar-refractivity contribution < 1.29 is 14.3 Å². The fraction of sp³-hybridized carbons (Fsp3) is 0.190. The first kappa shape index (κ1) is 16.3. The summed E-state index contributed by atoms with van der Waals surface area (Å²) < 4.78 is 10.7. The third kappa shape index (κ3) is 3.42. The van der Waals surface area contributed by atoms with Gasteiger partial charge in [-0.15, -0.1) is 0 Å². The van der Waals surface area contributed by atoms with Gasteiger partial charge < -0.3 is 19.7 Å². The number of rotatable bonds is 5. The van der Waals surface area contributed by atoms with Crippen molar-refractivity contribution in [3.63, 3.8) is 0 Å². The van der Waals surface area contributed by atoms with Crippen LogP contribution >= 0.6 is 0 Å². The molecule has 0 atom stereocenters. The van der Waals surface area contributed by atoms with E-state index < -0.39 is 0 Å². The first-order valence-corrected chi connectivity index (χ1v) is 8.54. The summed E-state index contributed by atoms with van der Waals surface area (Å²) in [5, 5.41) is 5.31. The molecule has 1 N–H and O–H groups in total. The van der Waals surface area contributed by atoms with E-state index in [1.54, 1.807) is 0 Å². The number of fused-ring (bicyclic) bond motifs is 2. The quantitative estimate of drug-likeness (QED) is 0.768. The van der Waals surface area contributed by atoms with Gasteiger partial charge in [-0.1, -0.05) is 36.4 Å². The number of likely N-dealkylation sites (N-methyl/N-ethyl adjacent to an activating group) is 1. The normalized spacial score (nSPS) is 12.2. The van der Waals surface area contributed by atoms with Gasteiger partial charge in [0, 0.05) is 19.3 Å². The van der Waals surface area contributed by atoms with Gasteiger partial charge in [0.05, 0.1) is 6.54 Å². The fourth-order valence-electron chi connectivity index (χ4n) is 3.03. The molecule has 0 bridgehead atoms. The number of nitrogens with zero attached hydrogens (tertiary/aromatic N) is 1. The highest BCUT2D eigenvalue weighted by Crippen LogP contribution is 2.32. The summed E-state index contributed by atoms with van der Waals surface area (Å²) in [5.74, 6) is 1.44. The van der Waals surface area contributed by atoms with Crippen molar-refractivity contribution in [2.75, 3.05) is 25.3 Å². The molecule has 0 saturated heterocycles. The number of anilines is 1. The number of carbonyl (C=O) groups is 1. The molecule has 1 amide bonds. The van der Waals surface area contributed by atoms with Crippen LogP contribution < -0.4 is 19.7 Å². The highest BCUT2D eigenvalue weighted by molar-refractivity contribution is 5.87. The van der Waals surface area contributed by atoms with Crippen LogP contribution in [0, 0.1) is 0 Å². The maximum Gasteiger partial charge on any atom is 0.239 e. The van der Waals surface area contributed by atoms with Crippen LogP contribution in [0.15, 0.2) is 60.7 Å². The number of hydrogen-bond acceptors (Lipinski definition) is 4. The van der Waals surface area contributed by atoms with Crippen molar-refractivity contribution in [2.45, 2.75) is 6.54 Å². The van der Waals surface area contributed by atoms with Gasteiger partial charge >= 0.3 is 0 Å². The molecule has 26 heavy (non-hydrogen) atoms. The van der Waals surface area contributed by atoms with Crippen molar-refractivity contribution in [1.29, 1.82) is 0 Å². The lowest BCUT2D eigenvalue weighted by Crippen LogP contribution is -2.34. The fourth-order valence-corrected chi connectivity index (χ4v) is 3.03. The average Bonchev–Trinajstić information content (AvgIpc) is 3.13. The van der Waals surface area contributed by atoms with E-state index >= 15 is 0 Å². The maximum absolute atomic E-state index is 12.3. The second-order valence-corrected chi connectivity index (χ2v) is 6.35. The van der Waals surface area contributed by atoms with Crippen molar-refractivity contribution in [3.05, 3.63) is 66.2 Å². The highest BCUT2D eigenvalue weighted by Gasteiger charge is 2.14. The Morgan fingerprint density at radius 1 is 1.00 bits per heavy atom. The molecule has 0 spiro atoms. The van der Waals surface area contributed by atoms with Crippen molar-refractivity contribution in [1.82, 2.24) is 5.32 Å². The number of nitrogens with one attached hydrogen (secondary N) is 1. The first-order chi connectivity index (χ1) is 12.7.